The summed E-state index contributed by atoms with van der Waals surface area (Å²) < 4.78 is 0. The number of carbonyl (C=O) groups is 3. The number of nitrogens with zero attached hydrogens (tertiary/aromatic N) is 1. The quantitative estimate of drug-likeness (QED) is 0.850. The van der Waals surface area contributed by atoms with Crippen LogP contribution in [0, 0.1) is 0 Å². The van der Waals surface area contributed by atoms with Gasteiger partial charge < -0.3 is 16.0 Å². The Morgan fingerprint density at radius 3 is 2.70 bits per heavy atom. The summed E-state index contributed by atoms with van der Waals surface area (Å²) in [5.41, 5.74) is 7.61. The van der Waals surface area contributed by atoms with E-state index in [1.807, 2.05) is 24.3 Å². The van der Waals surface area contributed by atoms with Gasteiger partial charge in [-0.2, -0.15) is 0 Å². The number of nitrogens with one attached hydrogen (secondary N) is 1. The summed E-state index contributed by atoms with van der Waals surface area (Å²) in [6.07, 6.45) is 2.78. The van der Waals surface area contributed by atoms with Gasteiger partial charge in [-0.1, -0.05) is 24.3 Å². The van der Waals surface area contributed by atoms with Crippen LogP contribution in [-0.2, 0) is 27.3 Å². The molecular weight excluding hydrogens is 294 g/mol. The Bertz CT molecular complexity index is 644. The average Bonchev–Trinajstić information content (AvgIpc) is 2.53. The zero-order chi connectivity index (χ0) is 16.4. The Balaban J connectivity index is 1.75. The molecule has 0 aromatic heterocycles. The van der Waals surface area contributed by atoms with Gasteiger partial charge in [-0.15, -0.1) is 0 Å². The Labute approximate surface area is 135 Å². The highest BCUT2D eigenvalue weighted by molar-refractivity contribution is 5.88. The van der Waals surface area contributed by atoms with E-state index in [0.29, 0.717) is 19.4 Å². The summed E-state index contributed by atoms with van der Waals surface area (Å²) in [5.74, 6) is -0.625. The molecule has 1 saturated heterocycles. The number of hydrogen-bond acceptors (Lipinski definition) is 3. The van der Waals surface area contributed by atoms with Crippen molar-refractivity contribution in [3.05, 3.63) is 35.4 Å². The number of piperidine rings is 1. The van der Waals surface area contributed by atoms with Crippen molar-refractivity contribution in [3.63, 3.8) is 0 Å². The van der Waals surface area contributed by atoms with E-state index >= 15 is 0 Å². The van der Waals surface area contributed by atoms with Crippen LogP contribution in [0.2, 0.25) is 0 Å². The van der Waals surface area contributed by atoms with E-state index in [2.05, 4.69) is 5.32 Å². The van der Waals surface area contributed by atoms with E-state index in [1.54, 1.807) is 4.90 Å². The number of amides is 3. The van der Waals surface area contributed by atoms with E-state index in [1.165, 1.54) is 0 Å². The number of rotatable bonds is 3. The maximum Gasteiger partial charge on any atom is 0.240 e. The lowest BCUT2D eigenvalue weighted by Crippen LogP contribution is -2.52. The Hall–Kier alpha value is -2.37. The van der Waals surface area contributed by atoms with Crippen LogP contribution in [0.25, 0.3) is 0 Å². The van der Waals surface area contributed by atoms with Crippen molar-refractivity contribution in [2.45, 2.75) is 50.7 Å². The Morgan fingerprint density at radius 2 is 2.00 bits per heavy atom. The molecule has 23 heavy (non-hydrogen) atoms. The predicted octanol–water partition coefficient (Wildman–Crippen LogP) is 0.484. The standard InChI is InChI=1S/C17H21N3O3/c18-17(23)14-8-11-4-1-2-5-12(11)10-20(14)16(22)9-13-6-3-7-15(21)19-13/h1-2,4-5,13-14H,3,6-10H2,(H2,18,23)(H,19,21)/t13?,14-/m0/s1. The number of primary amides is 1. The molecule has 1 unspecified atom stereocenters. The largest absolute Gasteiger partial charge is 0.368 e. The van der Waals surface area contributed by atoms with E-state index in [4.69, 9.17) is 5.73 Å². The van der Waals surface area contributed by atoms with Crippen LogP contribution in [0.1, 0.15) is 36.8 Å². The third-order valence-electron chi connectivity index (χ3n) is 4.64. The van der Waals surface area contributed by atoms with Gasteiger partial charge in [0.2, 0.25) is 17.7 Å². The van der Waals surface area contributed by atoms with Gasteiger partial charge in [0.05, 0.1) is 0 Å². The maximum absolute atomic E-state index is 12.7. The summed E-state index contributed by atoms with van der Waals surface area (Å²) in [4.78, 5) is 37.5. The van der Waals surface area contributed by atoms with Gasteiger partial charge in [-0.25, -0.2) is 0 Å². The molecule has 2 aliphatic rings. The third kappa shape index (κ3) is 3.36. The summed E-state index contributed by atoms with van der Waals surface area (Å²) in [6, 6.07) is 7.02. The van der Waals surface area contributed by atoms with Crippen molar-refractivity contribution in [2.75, 3.05) is 0 Å². The molecule has 122 valence electrons. The molecule has 3 rings (SSSR count). The van der Waals surface area contributed by atoms with Crippen LogP contribution in [0.3, 0.4) is 0 Å². The maximum atomic E-state index is 12.7. The van der Waals surface area contributed by atoms with Crippen LogP contribution in [0.4, 0.5) is 0 Å². The van der Waals surface area contributed by atoms with E-state index < -0.39 is 11.9 Å². The van der Waals surface area contributed by atoms with E-state index in [0.717, 1.165) is 24.0 Å². The smallest absolute Gasteiger partial charge is 0.240 e. The molecule has 2 aliphatic heterocycles. The lowest BCUT2D eigenvalue weighted by molar-refractivity contribution is -0.141. The second kappa shape index (κ2) is 6.40. The zero-order valence-corrected chi connectivity index (χ0v) is 13.0. The van der Waals surface area contributed by atoms with Gasteiger partial charge in [-0.3, -0.25) is 14.4 Å². The number of benzene rings is 1. The predicted molar refractivity (Wildman–Crippen MR) is 84.1 cm³/mol. The molecule has 1 fully saturated rings. The Morgan fingerprint density at radius 1 is 1.26 bits per heavy atom. The molecule has 2 atom stereocenters. The molecule has 1 aromatic rings. The summed E-state index contributed by atoms with van der Waals surface area (Å²) in [6.45, 7) is 0.392. The molecule has 0 radical (unpaired) electrons. The monoisotopic (exact) mass is 315 g/mol. The minimum Gasteiger partial charge on any atom is -0.368 e. The lowest BCUT2D eigenvalue weighted by atomic mass is 9.92. The van der Waals surface area contributed by atoms with Gasteiger partial charge in [-0.05, 0) is 24.0 Å². The fourth-order valence-corrected chi connectivity index (χ4v) is 3.40. The minimum absolute atomic E-state index is 0.00973. The van der Waals surface area contributed by atoms with Crippen molar-refractivity contribution >= 4 is 17.7 Å². The van der Waals surface area contributed by atoms with Gasteiger partial charge in [0.1, 0.15) is 6.04 Å². The molecule has 2 heterocycles. The average molecular weight is 315 g/mol. The molecule has 1 aromatic carbocycles. The highest BCUT2D eigenvalue weighted by Gasteiger charge is 2.34. The molecule has 3 N–H and O–H groups in total. The zero-order valence-electron chi connectivity index (χ0n) is 13.0. The van der Waals surface area contributed by atoms with Crippen LogP contribution >= 0.6 is 0 Å². The Kier molecular flexibility index (Phi) is 4.32. The number of fused-ring (bicyclic) bond motifs is 1. The second-order valence-electron chi connectivity index (χ2n) is 6.27. The molecule has 0 bridgehead atoms. The lowest BCUT2D eigenvalue weighted by Gasteiger charge is -2.36. The van der Waals surface area contributed by atoms with Crippen LogP contribution in [0.15, 0.2) is 24.3 Å². The summed E-state index contributed by atoms with van der Waals surface area (Å²) in [7, 11) is 0. The molecular formula is C17H21N3O3. The van der Waals surface area contributed by atoms with Crippen LogP contribution < -0.4 is 11.1 Å². The van der Waals surface area contributed by atoms with Gasteiger partial charge in [0.15, 0.2) is 0 Å². The topological polar surface area (TPSA) is 92.5 Å². The normalized spacial score (nSPS) is 23.8. The molecule has 6 nitrogen and oxygen atoms in total. The third-order valence-corrected chi connectivity index (χ3v) is 4.64. The van der Waals surface area contributed by atoms with Crippen molar-refractivity contribution < 1.29 is 14.4 Å². The first kappa shape index (κ1) is 15.5. The molecule has 0 spiro atoms. The van der Waals surface area contributed by atoms with Gasteiger partial charge in [0, 0.05) is 31.8 Å². The summed E-state index contributed by atoms with van der Waals surface area (Å²) >= 11 is 0. The fraction of sp³-hybridized carbons (Fsp3) is 0.471. The number of nitrogens with two attached hydrogens (primary N) is 1. The molecule has 6 heteroatoms. The fourth-order valence-electron chi connectivity index (χ4n) is 3.40. The number of carbonyl (C=O) groups excluding carboxylic acids is 3. The first-order valence-electron chi connectivity index (χ1n) is 7.99. The highest BCUT2D eigenvalue weighted by atomic mass is 16.2. The van der Waals surface area contributed by atoms with Crippen molar-refractivity contribution in [1.29, 1.82) is 0 Å². The van der Waals surface area contributed by atoms with Gasteiger partial charge >= 0.3 is 0 Å². The SMILES string of the molecule is NC(=O)[C@@H]1Cc2ccccc2CN1C(=O)CC1CCCC(=O)N1. The second-order valence-corrected chi connectivity index (χ2v) is 6.27. The summed E-state index contributed by atoms with van der Waals surface area (Å²) in [5, 5.41) is 2.85. The molecule has 0 saturated carbocycles. The minimum atomic E-state index is -0.614. The van der Waals surface area contributed by atoms with Gasteiger partial charge in [0.25, 0.3) is 0 Å². The van der Waals surface area contributed by atoms with E-state index in [9.17, 15) is 14.4 Å². The van der Waals surface area contributed by atoms with Crippen LogP contribution in [0.5, 0.6) is 0 Å². The van der Waals surface area contributed by atoms with Crippen molar-refractivity contribution in [3.8, 4) is 0 Å². The van der Waals surface area contributed by atoms with Crippen molar-refractivity contribution in [1.82, 2.24) is 10.2 Å². The first-order valence-corrected chi connectivity index (χ1v) is 7.99. The first-order chi connectivity index (χ1) is 11.0. The molecule has 3 amide bonds. The van der Waals surface area contributed by atoms with Crippen LogP contribution in [-0.4, -0.2) is 34.7 Å². The van der Waals surface area contributed by atoms with Crippen molar-refractivity contribution in [2.24, 2.45) is 5.73 Å². The number of hydrogen-bond donors (Lipinski definition) is 2. The highest BCUT2D eigenvalue weighted by Crippen LogP contribution is 2.24. The van der Waals surface area contributed by atoms with E-state index in [-0.39, 0.29) is 24.3 Å². The molecule has 0 aliphatic carbocycles.